The molecule has 99 valence electrons. The summed E-state index contributed by atoms with van der Waals surface area (Å²) < 4.78 is 0. The van der Waals surface area contributed by atoms with Crippen LogP contribution in [0.25, 0.3) is 11.4 Å². The van der Waals surface area contributed by atoms with Gasteiger partial charge in [-0.1, -0.05) is 45.0 Å². The van der Waals surface area contributed by atoms with E-state index in [0.717, 1.165) is 17.0 Å². The Kier molecular flexibility index (Phi) is 3.67. The molecular weight excluding hydrogens is 234 g/mol. The van der Waals surface area contributed by atoms with Crippen molar-refractivity contribution >= 4 is 0 Å². The number of hydrogen-bond donors (Lipinski definition) is 0. The monoisotopic (exact) mass is 254 g/mol. The van der Waals surface area contributed by atoms with E-state index in [1.807, 2.05) is 13.0 Å². The van der Waals surface area contributed by atoms with Crippen molar-refractivity contribution in [2.75, 3.05) is 0 Å². The third-order valence-electron chi connectivity index (χ3n) is 3.10. The van der Waals surface area contributed by atoms with Crippen LogP contribution in [0.15, 0.2) is 30.3 Å². The topological polar surface area (TPSA) is 49.6 Å². The Labute approximate surface area is 114 Å². The summed E-state index contributed by atoms with van der Waals surface area (Å²) in [4.78, 5) is 8.86. The molecule has 1 aromatic heterocycles. The molecule has 1 heterocycles. The number of nitrogens with zero attached hydrogens (tertiary/aromatic N) is 2. The molecule has 0 unspecified atom stereocenters. The molecule has 0 atom stereocenters. The second kappa shape index (κ2) is 5.10. The molecule has 1 N–H and O–H groups in total. The van der Waals surface area contributed by atoms with Crippen molar-refractivity contribution in [3.8, 4) is 11.4 Å². The third kappa shape index (κ3) is 3.18. The summed E-state index contributed by atoms with van der Waals surface area (Å²) >= 11 is 0. The van der Waals surface area contributed by atoms with Gasteiger partial charge in [-0.3, -0.25) is 5.73 Å². The van der Waals surface area contributed by atoms with Crippen molar-refractivity contribution in [2.45, 2.75) is 39.7 Å². The molecule has 3 nitrogen and oxygen atoms in total. The highest BCUT2D eigenvalue weighted by molar-refractivity contribution is 5.56. The molecule has 3 heteroatoms. The Balaban J connectivity index is 2.40. The molecule has 0 aliphatic rings. The zero-order valence-electron chi connectivity index (χ0n) is 12.0. The zero-order chi connectivity index (χ0) is 14.0. The summed E-state index contributed by atoms with van der Waals surface area (Å²) in [6, 6.07) is 10.2. The Morgan fingerprint density at radius 2 is 1.68 bits per heavy atom. The summed E-state index contributed by atoms with van der Waals surface area (Å²) in [6.45, 7) is 8.72. The van der Waals surface area contributed by atoms with Crippen LogP contribution in [0.1, 0.15) is 37.7 Å². The van der Waals surface area contributed by atoms with Gasteiger partial charge in [0.1, 0.15) is 0 Å². The van der Waals surface area contributed by atoms with Crippen LogP contribution in [0.2, 0.25) is 0 Å². The second-order valence-corrected chi connectivity index (χ2v) is 5.83. The highest BCUT2D eigenvalue weighted by Crippen LogP contribution is 2.24. The number of aryl methyl sites for hydroxylation is 1. The predicted molar refractivity (Wildman–Crippen MR) is 77.7 cm³/mol. The summed E-state index contributed by atoms with van der Waals surface area (Å²) in [5.74, 6) is 0.711. The first kappa shape index (κ1) is 13.7. The molecule has 0 amide bonds. The van der Waals surface area contributed by atoms with Crippen LogP contribution in [-0.2, 0) is 12.0 Å². The zero-order valence-corrected chi connectivity index (χ0v) is 12.0. The Morgan fingerprint density at radius 3 is 2.21 bits per heavy atom. The summed E-state index contributed by atoms with van der Waals surface area (Å²) in [5.41, 5.74) is 11.6. The summed E-state index contributed by atoms with van der Waals surface area (Å²) in [6.07, 6.45) is 0. The highest BCUT2D eigenvalue weighted by Gasteiger charge is 2.13. The third-order valence-corrected chi connectivity index (χ3v) is 3.10. The van der Waals surface area contributed by atoms with Crippen LogP contribution in [0.5, 0.6) is 0 Å². The fourth-order valence-electron chi connectivity index (χ4n) is 1.97. The first-order valence-corrected chi connectivity index (χ1v) is 6.50. The van der Waals surface area contributed by atoms with Gasteiger partial charge in [-0.15, -0.1) is 0 Å². The Morgan fingerprint density at radius 1 is 1.05 bits per heavy atom. The van der Waals surface area contributed by atoms with Gasteiger partial charge >= 0.3 is 0 Å². The molecule has 1 aromatic carbocycles. The lowest BCUT2D eigenvalue weighted by Crippen LogP contribution is -2.10. The normalized spacial score (nSPS) is 11.6. The lowest BCUT2D eigenvalue weighted by molar-refractivity contribution is 0.590. The molecule has 0 bridgehead atoms. The van der Waals surface area contributed by atoms with E-state index in [1.54, 1.807) is 0 Å². The van der Waals surface area contributed by atoms with Gasteiger partial charge in [-0.25, -0.2) is 9.97 Å². The fourth-order valence-corrected chi connectivity index (χ4v) is 1.97. The Bertz CT molecular complexity index is 566. The van der Waals surface area contributed by atoms with Crippen LogP contribution in [0.3, 0.4) is 0 Å². The number of benzene rings is 1. The van der Waals surface area contributed by atoms with E-state index in [4.69, 9.17) is 5.73 Å². The van der Waals surface area contributed by atoms with Gasteiger partial charge in [0.05, 0.1) is 12.2 Å². The molecule has 2 rings (SSSR count). The number of aromatic nitrogens is 2. The predicted octanol–water partition coefficient (Wildman–Crippen LogP) is 3.53. The second-order valence-electron chi connectivity index (χ2n) is 5.83. The van der Waals surface area contributed by atoms with Crippen LogP contribution >= 0.6 is 0 Å². The highest BCUT2D eigenvalue weighted by atomic mass is 14.9. The van der Waals surface area contributed by atoms with Gasteiger partial charge in [0.2, 0.25) is 0 Å². The average Bonchev–Trinajstić information content (AvgIpc) is 2.37. The van der Waals surface area contributed by atoms with Gasteiger partial charge in [-0.2, -0.15) is 0 Å². The number of hydrogen-bond acceptors (Lipinski definition) is 2. The van der Waals surface area contributed by atoms with E-state index in [1.165, 1.54) is 5.56 Å². The molecule has 0 saturated heterocycles. The van der Waals surface area contributed by atoms with Crippen LogP contribution in [-0.4, -0.2) is 9.97 Å². The number of rotatable bonds is 2. The molecule has 0 saturated carbocycles. The van der Waals surface area contributed by atoms with E-state index in [-0.39, 0.29) is 12.0 Å². The molecule has 1 radical (unpaired) electrons. The molecule has 0 aliphatic heterocycles. The molecule has 0 aliphatic carbocycles. The van der Waals surface area contributed by atoms with Crippen LogP contribution in [0.4, 0.5) is 0 Å². The minimum atomic E-state index is 0.151. The van der Waals surface area contributed by atoms with Gasteiger partial charge in [-0.05, 0) is 24.0 Å². The maximum absolute atomic E-state index is 7.43. The van der Waals surface area contributed by atoms with Crippen molar-refractivity contribution in [3.63, 3.8) is 0 Å². The van der Waals surface area contributed by atoms with E-state index in [9.17, 15) is 0 Å². The molecule has 19 heavy (non-hydrogen) atoms. The molecule has 0 spiro atoms. The first-order chi connectivity index (χ1) is 8.90. The minimum Gasteiger partial charge on any atom is -0.251 e. The van der Waals surface area contributed by atoms with Gasteiger partial charge < -0.3 is 0 Å². The molecule has 2 aromatic rings. The van der Waals surface area contributed by atoms with Crippen molar-refractivity contribution in [1.82, 2.24) is 15.7 Å². The standard InChI is InChI=1S/C16H20N3/c1-11-9-14(10-17)19-15(18-11)12-5-7-13(8-6-12)16(2,3)4/h5-9,17H,10H2,1-4H3. The van der Waals surface area contributed by atoms with Crippen LogP contribution in [0, 0.1) is 6.92 Å². The quantitative estimate of drug-likeness (QED) is 0.823. The van der Waals surface area contributed by atoms with Crippen molar-refractivity contribution < 1.29 is 0 Å². The maximum Gasteiger partial charge on any atom is 0.159 e. The molecular formula is C16H20N3. The largest absolute Gasteiger partial charge is 0.251 e. The average molecular weight is 254 g/mol. The van der Waals surface area contributed by atoms with Gasteiger partial charge in [0.25, 0.3) is 0 Å². The van der Waals surface area contributed by atoms with Crippen molar-refractivity contribution in [2.24, 2.45) is 0 Å². The van der Waals surface area contributed by atoms with Crippen molar-refractivity contribution in [1.29, 1.82) is 0 Å². The van der Waals surface area contributed by atoms with Crippen molar-refractivity contribution in [3.05, 3.63) is 47.3 Å². The molecule has 0 fully saturated rings. The first-order valence-electron chi connectivity index (χ1n) is 6.50. The lowest BCUT2D eigenvalue weighted by atomic mass is 9.87. The Hall–Kier alpha value is -1.74. The smallest absolute Gasteiger partial charge is 0.159 e. The van der Waals surface area contributed by atoms with E-state index in [2.05, 4.69) is 55.0 Å². The van der Waals surface area contributed by atoms with Gasteiger partial charge in [0.15, 0.2) is 5.82 Å². The number of nitrogens with one attached hydrogen (secondary N) is 1. The van der Waals surface area contributed by atoms with E-state index in [0.29, 0.717) is 5.82 Å². The van der Waals surface area contributed by atoms with E-state index < -0.39 is 0 Å². The van der Waals surface area contributed by atoms with E-state index >= 15 is 0 Å². The van der Waals surface area contributed by atoms with Crippen LogP contribution < -0.4 is 5.73 Å². The lowest BCUT2D eigenvalue weighted by Gasteiger charge is -2.19. The SMILES string of the molecule is Cc1cc(C[NH])nc(-c2ccc(C(C)(C)C)cc2)n1. The summed E-state index contributed by atoms with van der Waals surface area (Å²) in [5, 5.41) is 0. The summed E-state index contributed by atoms with van der Waals surface area (Å²) in [7, 11) is 0. The fraction of sp³-hybridized carbons (Fsp3) is 0.375. The minimum absolute atomic E-state index is 0.151. The van der Waals surface area contributed by atoms with Gasteiger partial charge in [0, 0.05) is 11.3 Å². The maximum atomic E-state index is 7.43.